The topological polar surface area (TPSA) is 125 Å². The van der Waals surface area contributed by atoms with Crippen molar-refractivity contribution in [1.82, 2.24) is 19.4 Å². The smallest absolute Gasteiger partial charge is 0.339 e. The zero-order chi connectivity index (χ0) is 29.8. The minimum Gasteiger partial charge on any atom is -0.494 e. The predicted molar refractivity (Wildman–Crippen MR) is 163 cm³/mol. The number of hydrogen-bond donors (Lipinski definition) is 3. The number of nitrogens with zero attached hydrogens (tertiary/aromatic N) is 5. The van der Waals surface area contributed by atoms with Gasteiger partial charge in [0, 0.05) is 55.9 Å². The second-order valence-corrected chi connectivity index (χ2v) is 9.95. The third kappa shape index (κ3) is 6.15. The molecule has 2 aromatic heterocycles. The summed E-state index contributed by atoms with van der Waals surface area (Å²) in [7, 11) is 9.37. The molecule has 2 heterocycles. The van der Waals surface area contributed by atoms with Gasteiger partial charge in [-0.25, -0.2) is 14.8 Å². The lowest BCUT2D eigenvalue weighted by Gasteiger charge is -2.26. The highest BCUT2D eigenvalue weighted by Crippen LogP contribution is 2.39. The molecular formula is C30H35N7O4. The van der Waals surface area contributed by atoms with Gasteiger partial charge in [0.15, 0.2) is 0 Å². The molecule has 0 saturated carbocycles. The summed E-state index contributed by atoms with van der Waals surface area (Å²) in [5.41, 5.74) is 4.02. The molecule has 3 N–H and O–H groups in total. The summed E-state index contributed by atoms with van der Waals surface area (Å²) in [6, 6.07) is 11.3. The van der Waals surface area contributed by atoms with Gasteiger partial charge in [0.25, 0.3) is 0 Å². The zero-order valence-corrected chi connectivity index (χ0v) is 24.1. The van der Waals surface area contributed by atoms with E-state index in [1.807, 2.05) is 74.2 Å². The maximum Gasteiger partial charge on any atom is 0.339 e. The lowest BCUT2D eigenvalue weighted by Crippen LogP contribution is -2.29. The van der Waals surface area contributed by atoms with Gasteiger partial charge in [-0.2, -0.15) is 0 Å². The van der Waals surface area contributed by atoms with Gasteiger partial charge >= 0.3 is 5.97 Å². The SMILES string of the molecule is C=CC(=O)Nc1cc(Nc2nc(C)c(C(=O)O)c(-c3cn(C)c4ccccc34)n2)c(OC)cc1N(C)CCN(C)C. The number of carbonyl (C=O) groups is 2. The first kappa shape index (κ1) is 29.1. The van der Waals surface area contributed by atoms with Crippen molar-refractivity contribution in [2.24, 2.45) is 7.05 Å². The second kappa shape index (κ2) is 12.1. The van der Waals surface area contributed by atoms with Crippen LogP contribution in [0.5, 0.6) is 5.75 Å². The molecule has 0 spiro atoms. The number of para-hydroxylation sites is 1. The number of benzene rings is 2. The Morgan fingerprint density at radius 1 is 1.12 bits per heavy atom. The average Bonchev–Trinajstić information content (AvgIpc) is 3.27. The van der Waals surface area contributed by atoms with E-state index in [0.717, 1.165) is 23.1 Å². The fraction of sp³-hybridized carbons (Fsp3) is 0.267. The second-order valence-electron chi connectivity index (χ2n) is 9.95. The molecule has 2 aromatic carbocycles. The van der Waals surface area contributed by atoms with Gasteiger partial charge in [-0.15, -0.1) is 0 Å². The van der Waals surface area contributed by atoms with E-state index in [1.54, 1.807) is 20.1 Å². The normalized spacial score (nSPS) is 11.0. The molecule has 11 heteroatoms. The maximum atomic E-state index is 12.3. The van der Waals surface area contributed by atoms with Crippen molar-refractivity contribution in [3.8, 4) is 17.0 Å². The average molecular weight is 558 g/mol. The molecule has 1 amide bonds. The van der Waals surface area contributed by atoms with E-state index in [1.165, 1.54) is 6.08 Å². The molecule has 0 bridgehead atoms. The highest BCUT2D eigenvalue weighted by atomic mass is 16.5. The molecule has 0 aliphatic heterocycles. The quantitative estimate of drug-likeness (QED) is 0.228. The highest BCUT2D eigenvalue weighted by molar-refractivity contribution is 6.04. The maximum absolute atomic E-state index is 12.3. The number of nitrogens with one attached hydrogen (secondary N) is 2. The number of amides is 1. The van der Waals surface area contributed by atoms with Gasteiger partial charge in [-0.3, -0.25) is 4.79 Å². The Hall–Kier alpha value is -4.90. The lowest BCUT2D eigenvalue weighted by molar-refractivity contribution is -0.111. The molecule has 0 fully saturated rings. The number of carbonyl (C=O) groups excluding carboxylic acids is 1. The number of aryl methyl sites for hydroxylation is 2. The standard InChI is InChI=1S/C30H35N7O4/c1-8-26(38)32-21-15-22(25(41-7)16-24(21)36(5)14-13-35(3)4)33-30-31-18(2)27(29(39)40)28(34-30)20-17-37(6)23-12-10-9-11-19(20)23/h8-12,15-17H,1,13-14H2,2-7H3,(H,32,38)(H,39,40)(H,31,33,34). The van der Waals surface area contributed by atoms with E-state index >= 15 is 0 Å². The molecule has 11 nitrogen and oxygen atoms in total. The number of methoxy groups -OCH3 is 1. The van der Waals surface area contributed by atoms with Crippen LogP contribution in [0.2, 0.25) is 0 Å². The number of rotatable bonds is 11. The number of carboxylic acid groups (broad SMARTS) is 1. The summed E-state index contributed by atoms with van der Waals surface area (Å²) >= 11 is 0. The molecule has 41 heavy (non-hydrogen) atoms. The molecule has 0 saturated heterocycles. The van der Waals surface area contributed by atoms with Gasteiger partial charge < -0.3 is 34.8 Å². The number of ether oxygens (including phenoxy) is 1. The molecule has 214 valence electrons. The molecule has 0 radical (unpaired) electrons. The minimum atomic E-state index is -1.12. The summed E-state index contributed by atoms with van der Waals surface area (Å²) in [5, 5.41) is 17.0. The molecule has 4 aromatic rings. The van der Waals surface area contributed by atoms with Crippen LogP contribution >= 0.6 is 0 Å². The van der Waals surface area contributed by atoms with Crippen molar-refractivity contribution < 1.29 is 19.4 Å². The van der Waals surface area contributed by atoms with Gasteiger partial charge in [-0.1, -0.05) is 24.8 Å². The molecular weight excluding hydrogens is 522 g/mol. The van der Waals surface area contributed by atoms with Crippen LogP contribution in [0, 0.1) is 6.92 Å². The third-order valence-corrected chi connectivity index (χ3v) is 6.76. The monoisotopic (exact) mass is 557 g/mol. The number of carboxylic acids is 1. The van der Waals surface area contributed by atoms with Crippen LogP contribution in [0.25, 0.3) is 22.2 Å². The van der Waals surface area contributed by atoms with Crippen LogP contribution in [0.1, 0.15) is 16.1 Å². The van der Waals surface area contributed by atoms with Crippen molar-refractivity contribution in [3.05, 3.63) is 66.5 Å². The Balaban J connectivity index is 1.84. The van der Waals surface area contributed by atoms with Crippen molar-refractivity contribution in [3.63, 3.8) is 0 Å². The number of aromatic carboxylic acids is 1. The van der Waals surface area contributed by atoms with E-state index in [0.29, 0.717) is 40.6 Å². The van der Waals surface area contributed by atoms with Crippen LogP contribution in [-0.4, -0.2) is 77.8 Å². The number of likely N-dealkylation sites (N-methyl/N-ethyl adjacent to an activating group) is 2. The fourth-order valence-electron chi connectivity index (χ4n) is 4.64. The summed E-state index contributed by atoms with van der Waals surface area (Å²) in [6.45, 7) is 6.71. The Labute approximate surface area is 239 Å². The van der Waals surface area contributed by atoms with Gasteiger partial charge in [0.1, 0.15) is 11.3 Å². The molecule has 0 atom stereocenters. The molecule has 4 rings (SSSR count). The third-order valence-electron chi connectivity index (χ3n) is 6.76. The van der Waals surface area contributed by atoms with Crippen LogP contribution in [-0.2, 0) is 11.8 Å². The van der Waals surface area contributed by atoms with Crippen LogP contribution < -0.4 is 20.3 Å². The zero-order valence-electron chi connectivity index (χ0n) is 24.1. The molecule has 0 aliphatic carbocycles. The van der Waals surface area contributed by atoms with E-state index < -0.39 is 5.97 Å². The Bertz CT molecular complexity index is 1630. The Kier molecular flexibility index (Phi) is 8.58. The first-order valence-electron chi connectivity index (χ1n) is 13.0. The number of fused-ring (bicyclic) bond motifs is 1. The Morgan fingerprint density at radius 2 is 1.85 bits per heavy atom. The number of aromatic nitrogens is 3. The van der Waals surface area contributed by atoms with E-state index in [-0.39, 0.29) is 17.4 Å². The molecule has 0 aliphatic rings. The minimum absolute atomic E-state index is 0.0238. The van der Waals surface area contributed by atoms with Crippen LogP contribution in [0.4, 0.5) is 23.0 Å². The fourth-order valence-corrected chi connectivity index (χ4v) is 4.64. The van der Waals surface area contributed by atoms with Crippen molar-refractivity contribution >= 4 is 45.8 Å². The van der Waals surface area contributed by atoms with E-state index in [9.17, 15) is 14.7 Å². The van der Waals surface area contributed by atoms with Crippen molar-refractivity contribution in [1.29, 1.82) is 0 Å². The van der Waals surface area contributed by atoms with Crippen molar-refractivity contribution in [2.45, 2.75) is 6.92 Å². The van der Waals surface area contributed by atoms with E-state index in [4.69, 9.17) is 4.74 Å². The largest absolute Gasteiger partial charge is 0.494 e. The number of anilines is 4. The Morgan fingerprint density at radius 3 is 2.51 bits per heavy atom. The van der Waals surface area contributed by atoms with Crippen LogP contribution in [0.3, 0.4) is 0 Å². The van der Waals surface area contributed by atoms with Crippen molar-refractivity contribution in [2.75, 3.05) is 56.9 Å². The predicted octanol–water partition coefficient (Wildman–Crippen LogP) is 4.52. The van der Waals surface area contributed by atoms with E-state index in [2.05, 4.69) is 32.1 Å². The van der Waals surface area contributed by atoms with Gasteiger partial charge in [0.2, 0.25) is 11.9 Å². The lowest BCUT2D eigenvalue weighted by atomic mass is 10.0. The summed E-state index contributed by atoms with van der Waals surface area (Å²) < 4.78 is 7.64. The first-order valence-corrected chi connectivity index (χ1v) is 13.0. The first-order chi connectivity index (χ1) is 19.5. The van der Waals surface area contributed by atoms with Gasteiger partial charge in [0.05, 0.1) is 35.6 Å². The number of hydrogen-bond acceptors (Lipinski definition) is 8. The molecule has 0 unspecified atom stereocenters. The summed E-state index contributed by atoms with van der Waals surface area (Å²) in [5.74, 6) is -0.805. The van der Waals surface area contributed by atoms with Gasteiger partial charge in [-0.05, 0) is 39.2 Å². The van der Waals surface area contributed by atoms with Crippen LogP contribution in [0.15, 0.2) is 55.3 Å². The summed E-state index contributed by atoms with van der Waals surface area (Å²) in [4.78, 5) is 37.9. The summed E-state index contributed by atoms with van der Waals surface area (Å²) in [6.07, 6.45) is 3.07. The highest BCUT2D eigenvalue weighted by Gasteiger charge is 2.23.